The van der Waals surface area contributed by atoms with E-state index in [0.29, 0.717) is 10.0 Å². The highest BCUT2D eigenvalue weighted by molar-refractivity contribution is 6.36. The number of fused-ring (bicyclic) bond motifs is 1. The number of hydrogen-bond acceptors (Lipinski definition) is 3. The summed E-state index contributed by atoms with van der Waals surface area (Å²) in [5.41, 5.74) is 5.06. The molecule has 0 bridgehead atoms. The Morgan fingerprint density at radius 2 is 1.88 bits per heavy atom. The molecule has 4 aromatic rings. The van der Waals surface area contributed by atoms with Crippen molar-refractivity contribution in [3.63, 3.8) is 0 Å². The second-order valence-electron chi connectivity index (χ2n) is 8.11. The van der Waals surface area contributed by atoms with Crippen molar-refractivity contribution in [1.82, 2.24) is 19.0 Å². The molecule has 7 heteroatoms. The zero-order valence-electron chi connectivity index (χ0n) is 17.9. The number of hydrogen-bond donors (Lipinski definition) is 0. The Morgan fingerprint density at radius 1 is 1.09 bits per heavy atom. The Balaban J connectivity index is 1.57. The summed E-state index contributed by atoms with van der Waals surface area (Å²) in [5, 5.41) is 1.18. The molecule has 0 aliphatic carbocycles. The summed E-state index contributed by atoms with van der Waals surface area (Å²) in [4.78, 5) is 20.1. The van der Waals surface area contributed by atoms with E-state index >= 15 is 0 Å². The number of likely N-dealkylation sites (tertiary alicyclic amines) is 1. The second-order valence-corrected chi connectivity index (χ2v) is 8.95. The van der Waals surface area contributed by atoms with E-state index in [9.17, 15) is 4.79 Å². The van der Waals surface area contributed by atoms with Gasteiger partial charge in [-0.25, -0.2) is 4.79 Å². The average molecular weight is 477 g/mol. The molecule has 5 nitrogen and oxygen atoms in total. The van der Waals surface area contributed by atoms with Gasteiger partial charge in [0.15, 0.2) is 0 Å². The van der Waals surface area contributed by atoms with Crippen LogP contribution in [0.3, 0.4) is 0 Å². The van der Waals surface area contributed by atoms with Crippen LogP contribution in [0.2, 0.25) is 10.0 Å². The van der Waals surface area contributed by atoms with Gasteiger partial charge >= 0.3 is 5.69 Å². The van der Waals surface area contributed by atoms with Crippen molar-refractivity contribution in [3.05, 3.63) is 106 Å². The maximum atomic E-state index is 13.7. The fourth-order valence-electron chi connectivity index (χ4n) is 4.53. The smallest absolute Gasteiger partial charge is 0.334 e. The van der Waals surface area contributed by atoms with Gasteiger partial charge in [-0.05, 0) is 48.4 Å². The summed E-state index contributed by atoms with van der Waals surface area (Å²) in [5.74, 6) is 0. The summed E-state index contributed by atoms with van der Waals surface area (Å²) >= 11 is 12.4. The lowest BCUT2D eigenvalue weighted by molar-refractivity contribution is 0.412. The minimum atomic E-state index is -0.0775. The second kappa shape index (κ2) is 8.58. The molecule has 0 unspecified atom stereocenters. The Kier molecular flexibility index (Phi) is 5.60. The summed E-state index contributed by atoms with van der Waals surface area (Å²) in [6.45, 7) is 9.44. The van der Waals surface area contributed by atoms with Crippen molar-refractivity contribution in [3.8, 4) is 16.8 Å². The number of allylic oxidation sites excluding steroid dienone is 1. The van der Waals surface area contributed by atoms with Crippen LogP contribution in [0.5, 0.6) is 0 Å². The Hall–Kier alpha value is -3.28. The molecule has 0 radical (unpaired) electrons. The van der Waals surface area contributed by atoms with Gasteiger partial charge < -0.3 is 4.90 Å². The van der Waals surface area contributed by atoms with Gasteiger partial charge in [0.05, 0.1) is 29.0 Å². The van der Waals surface area contributed by atoms with Crippen LogP contribution >= 0.6 is 23.2 Å². The monoisotopic (exact) mass is 476 g/mol. The van der Waals surface area contributed by atoms with Crippen molar-refractivity contribution < 1.29 is 0 Å². The minimum Gasteiger partial charge on any atom is -0.370 e. The van der Waals surface area contributed by atoms with Crippen LogP contribution < -0.4 is 5.69 Å². The molecule has 1 aliphatic rings. The molecule has 2 aromatic heterocycles. The number of pyridine rings is 1. The molecule has 0 amide bonds. The molecule has 1 atom stereocenters. The van der Waals surface area contributed by atoms with Crippen LogP contribution in [0, 0.1) is 0 Å². The van der Waals surface area contributed by atoms with Crippen molar-refractivity contribution in [2.75, 3.05) is 13.1 Å². The maximum absolute atomic E-state index is 13.7. The van der Waals surface area contributed by atoms with Gasteiger partial charge in [-0.3, -0.25) is 14.1 Å². The van der Waals surface area contributed by atoms with E-state index in [2.05, 4.69) is 23.0 Å². The molecule has 1 fully saturated rings. The first-order chi connectivity index (χ1) is 16.0. The Labute approximate surface area is 201 Å². The first-order valence-corrected chi connectivity index (χ1v) is 11.4. The highest BCUT2D eigenvalue weighted by Gasteiger charge is 2.28. The number of rotatable bonds is 5. The zero-order valence-corrected chi connectivity index (χ0v) is 19.4. The summed E-state index contributed by atoms with van der Waals surface area (Å²) in [6.07, 6.45) is 6.09. The lowest BCUT2D eigenvalue weighted by Crippen LogP contribution is -2.28. The van der Waals surface area contributed by atoms with Gasteiger partial charge in [0.2, 0.25) is 0 Å². The standard InChI is InChI=1S/C26H22Cl2N4O/c1-3-17(2)30-13-11-21(16-30)32-24-10-12-29-15-25(24)31(26(32)33)20-7-4-18(5-8-20)22-9-6-19(27)14-23(22)28/h3-10,12,14-15,21H,1-2,11,13,16H2/t21-/m1/s1. The van der Waals surface area contributed by atoms with Crippen molar-refractivity contribution >= 4 is 34.2 Å². The fourth-order valence-corrected chi connectivity index (χ4v) is 5.04. The van der Waals surface area contributed by atoms with Crippen LogP contribution in [-0.2, 0) is 0 Å². The van der Waals surface area contributed by atoms with Gasteiger partial charge in [0.25, 0.3) is 0 Å². The van der Waals surface area contributed by atoms with E-state index < -0.39 is 0 Å². The van der Waals surface area contributed by atoms with Crippen LogP contribution in [0.25, 0.3) is 27.8 Å². The van der Waals surface area contributed by atoms with Gasteiger partial charge in [-0.1, -0.05) is 54.6 Å². The number of nitrogens with zero attached hydrogens (tertiary/aromatic N) is 4. The lowest BCUT2D eigenvalue weighted by atomic mass is 10.1. The molecule has 33 heavy (non-hydrogen) atoms. The summed E-state index contributed by atoms with van der Waals surface area (Å²) < 4.78 is 3.61. The number of aromatic nitrogens is 3. The molecule has 166 valence electrons. The lowest BCUT2D eigenvalue weighted by Gasteiger charge is -2.18. The van der Waals surface area contributed by atoms with E-state index in [1.807, 2.05) is 47.0 Å². The summed E-state index contributed by atoms with van der Waals surface area (Å²) in [6, 6.07) is 15.2. The van der Waals surface area contributed by atoms with E-state index in [0.717, 1.165) is 53.1 Å². The van der Waals surface area contributed by atoms with E-state index in [-0.39, 0.29) is 11.7 Å². The van der Waals surface area contributed by atoms with Crippen molar-refractivity contribution in [2.45, 2.75) is 12.5 Å². The summed E-state index contributed by atoms with van der Waals surface area (Å²) in [7, 11) is 0. The normalized spacial score (nSPS) is 15.8. The third-order valence-corrected chi connectivity index (χ3v) is 6.76. The third-order valence-electron chi connectivity index (χ3n) is 6.21. The van der Waals surface area contributed by atoms with E-state index in [1.165, 1.54) is 0 Å². The van der Waals surface area contributed by atoms with Gasteiger partial charge in [0, 0.05) is 40.6 Å². The number of benzene rings is 2. The third kappa shape index (κ3) is 3.77. The molecular formula is C26H22Cl2N4O. The number of halogens is 2. The van der Waals surface area contributed by atoms with Crippen molar-refractivity contribution in [2.24, 2.45) is 0 Å². The predicted octanol–water partition coefficient (Wildman–Crippen LogP) is 6.11. The average Bonchev–Trinajstić information content (AvgIpc) is 3.41. The first kappa shape index (κ1) is 21.6. The van der Waals surface area contributed by atoms with Gasteiger partial charge in [-0.2, -0.15) is 0 Å². The molecule has 2 aromatic carbocycles. The maximum Gasteiger partial charge on any atom is 0.334 e. The van der Waals surface area contributed by atoms with Gasteiger partial charge in [0.1, 0.15) is 0 Å². The largest absolute Gasteiger partial charge is 0.370 e. The van der Waals surface area contributed by atoms with Crippen LogP contribution in [-0.4, -0.2) is 32.1 Å². The zero-order chi connectivity index (χ0) is 23.1. The van der Waals surface area contributed by atoms with E-state index in [4.69, 9.17) is 23.2 Å². The first-order valence-electron chi connectivity index (χ1n) is 10.7. The Morgan fingerprint density at radius 3 is 2.61 bits per heavy atom. The SMILES string of the molecule is C=CC(=C)N1CC[C@@H](n2c(=O)n(-c3ccc(-c4ccc(Cl)cc4Cl)cc3)c3cnccc32)C1. The quantitative estimate of drug-likeness (QED) is 0.326. The van der Waals surface area contributed by atoms with Crippen LogP contribution in [0.4, 0.5) is 0 Å². The fraction of sp³-hybridized carbons (Fsp3) is 0.154. The highest BCUT2D eigenvalue weighted by Crippen LogP contribution is 2.32. The molecule has 1 aliphatic heterocycles. The molecule has 5 rings (SSSR count). The molecule has 0 N–H and O–H groups in total. The van der Waals surface area contributed by atoms with E-state index in [1.54, 1.807) is 29.1 Å². The molecule has 0 saturated carbocycles. The number of imidazole rings is 1. The topological polar surface area (TPSA) is 43.1 Å². The van der Waals surface area contributed by atoms with Crippen LogP contribution in [0.15, 0.2) is 90.7 Å². The van der Waals surface area contributed by atoms with Crippen molar-refractivity contribution in [1.29, 1.82) is 0 Å². The van der Waals surface area contributed by atoms with Crippen LogP contribution in [0.1, 0.15) is 12.5 Å². The van der Waals surface area contributed by atoms with Gasteiger partial charge in [-0.15, -0.1) is 0 Å². The highest BCUT2D eigenvalue weighted by atomic mass is 35.5. The molecule has 3 heterocycles. The predicted molar refractivity (Wildman–Crippen MR) is 135 cm³/mol. The molecular weight excluding hydrogens is 455 g/mol. The molecule has 1 saturated heterocycles. The minimum absolute atomic E-state index is 0.0486. The Bertz CT molecular complexity index is 1440. The molecule has 0 spiro atoms.